The predicted octanol–water partition coefficient (Wildman–Crippen LogP) is 2.42. The molecule has 1 saturated heterocycles. The molecule has 1 aliphatic rings. The van der Waals surface area contributed by atoms with Crippen LogP contribution in [0.15, 0.2) is 39.8 Å². The second-order valence-corrected chi connectivity index (χ2v) is 6.33. The smallest absolute Gasteiger partial charge is 0.276 e. The number of rotatable bonds is 4. The molecule has 6 nitrogen and oxygen atoms in total. The first-order chi connectivity index (χ1) is 11.1. The van der Waals surface area contributed by atoms with Crippen LogP contribution in [0, 0.1) is 12.8 Å². The Hall–Kier alpha value is -2.28. The van der Waals surface area contributed by atoms with E-state index in [1.54, 1.807) is 29.7 Å². The third-order valence-corrected chi connectivity index (χ3v) is 4.49. The van der Waals surface area contributed by atoms with E-state index in [0.717, 1.165) is 10.6 Å². The van der Waals surface area contributed by atoms with E-state index in [-0.39, 0.29) is 23.4 Å². The Morgan fingerprint density at radius 1 is 1.30 bits per heavy atom. The normalized spacial score (nSPS) is 14.4. The fourth-order valence-corrected chi connectivity index (χ4v) is 2.77. The van der Waals surface area contributed by atoms with Crippen molar-refractivity contribution < 1.29 is 14.1 Å². The SMILES string of the molecule is CSc1ccc(NC(=O)C2CN(C(=O)c3cc(C)on3)C2)cc1. The number of hydrogen-bond donors (Lipinski definition) is 1. The maximum atomic E-state index is 12.2. The summed E-state index contributed by atoms with van der Waals surface area (Å²) in [5, 5.41) is 6.58. The van der Waals surface area contributed by atoms with E-state index in [2.05, 4.69) is 10.5 Å². The van der Waals surface area contributed by atoms with Crippen molar-refractivity contribution in [3.8, 4) is 0 Å². The molecule has 1 aromatic heterocycles. The zero-order chi connectivity index (χ0) is 16.4. The topological polar surface area (TPSA) is 75.4 Å². The van der Waals surface area contributed by atoms with Crippen LogP contribution < -0.4 is 5.32 Å². The van der Waals surface area contributed by atoms with Gasteiger partial charge in [0.25, 0.3) is 5.91 Å². The second kappa shape index (κ2) is 6.45. The van der Waals surface area contributed by atoms with Crippen molar-refractivity contribution in [2.24, 2.45) is 5.92 Å². The van der Waals surface area contributed by atoms with Gasteiger partial charge in [0.05, 0.1) is 5.92 Å². The summed E-state index contributed by atoms with van der Waals surface area (Å²) in [5.41, 5.74) is 1.05. The van der Waals surface area contributed by atoms with Crippen LogP contribution in [0.1, 0.15) is 16.2 Å². The van der Waals surface area contributed by atoms with E-state index < -0.39 is 0 Å². The molecule has 0 bridgehead atoms. The van der Waals surface area contributed by atoms with E-state index in [1.807, 2.05) is 30.5 Å². The fraction of sp³-hybridized carbons (Fsp3) is 0.312. The molecule has 0 aliphatic carbocycles. The Morgan fingerprint density at radius 2 is 2.00 bits per heavy atom. The molecule has 3 rings (SSSR count). The predicted molar refractivity (Wildman–Crippen MR) is 87.5 cm³/mol. The maximum absolute atomic E-state index is 12.2. The monoisotopic (exact) mass is 331 g/mol. The van der Waals surface area contributed by atoms with E-state index in [9.17, 15) is 9.59 Å². The summed E-state index contributed by atoms with van der Waals surface area (Å²) in [6, 6.07) is 9.28. The number of amides is 2. The van der Waals surface area contributed by atoms with Gasteiger partial charge in [0.2, 0.25) is 5.91 Å². The van der Waals surface area contributed by atoms with Gasteiger partial charge in [0.1, 0.15) is 5.76 Å². The minimum atomic E-state index is -0.199. The number of anilines is 1. The molecule has 2 amide bonds. The minimum absolute atomic E-state index is 0.0673. The molecule has 2 heterocycles. The lowest BCUT2D eigenvalue weighted by atomic mass is 9.98. The number of benzene rings is 1. The van der Waals surface area contributed by atoms with Gasteiger partial charge >= 0.3 is 0 Å². The van der Waals surface area contributed by atoms with Gasteiger partial charge in [-0.15, -0.1) is 11.8 Å². The summed E-state index contributed by atoms with van der Waals surface area (Å²) >= 11 is 1.65. The van der Waals surface area contributed by atoms with Gasteiger partial charge in [-0.25, -0.2) is 0 Å². The van der Waals surface area contributed by atoms with Gasteiger partial charge in [-0.2, -0.15) is 0 Å². The zero-order valence-electron chi connectivity index (χ0n) is 12.9. The molecule has 1 aliphatic heterocycles. The first-order valence-corrected chi connectivity index (χ1v) is 8.47. The van der Waals surface area contributed by atoms with E-state index in [0.29, 0.717) is 18.8 Å². The first-order valence-electron chi connectivity index (χ1n) is 7.24. The average Bonchev–Trinajstić information content (AvgIpc) is 2.93. The van der Waals surface area contributed by atoms with Crippen molar-refractivity contribution >= 4 is 29.3 Å². The van der Waals surface area contributed by atoms with Gasteiger partial charge in [-0.3, -0.25) is 9.59 Å². The van der Waals surface area contributed by atoms with Gasteiger partial charge in [0, 0.05) is 29.7 Å². The van der Waals surface area contributed by atoms with E-state index >= 15 is 0 Å². The molecule has 1 aromatic carbocycles. The third kappa shape index (κ3) is 3.39. The molecule has 7 heteroatoms. The number of nitrogens with zero attached hydrogens (tertiary/aromatic N) is 2. The van der Waals surface area contributed by atoms with Gasteiger partial charge < -0.3 is 14.7 Å². The minimum Gasteiger partial charge on any atom is -0.361 e. The summed E-state index contributed by atoms with van der Waals surface area (Å²) in [5.74, 6) is 0.140. The number of likely N-dealkylation sites (tertiary alicyclic amines) is 1. The van der Waals surface area contributed by atoms with Crippen molar-refractivity contribution in [1.82, 2.24) is 10.1 Å². The number of aryl methyl sites for hydroxylation is 1. The van der Waals surface area contributed by atoms with Crippen LogP contribution in [-0.4, -0.2) is 41.2 Å². The molecule has 0 atom stereocenters. The van der Waals surface area contributed by atoms with Gasteiger partial charge in [-0.05, 0) is 37.4 Å². The molecular weight excluding hydrogens is 314 g/mol. The van der Waals surface area contributed by atoms with Crippen LogP contribution in [0.5, 0.6) is 0 Å². The fourth-order valence-electron chi connectivity index (χ4n) is 2.36. The van der Waals surface area contributed by atoms with Crippen molar-refractivity contribution in [3.63, 3.8) is 0 Å². The van der Waals surface area contributed by atoms with Crippen LogP contribution in [0.2, 0.25) is 0 Å². The molecule has 0 radical (unpaired) electrons. The zero-order valence-corrected chi connectivity index (χ0v) is 13.7. The van der Waals surface area contributed by atoms with Crippen LogP contribution in [0.25, 0.3) is 0 Å². The lowest BCUT2D eigenvalue weighted by molar-refractivity contribution is -0.123. The van der Waals surface area contributed by atoms with Crippen molar-refractivity contribution in [2.75, 3.05) is 24.7 Å². The summed E-state index contributed by atoms with van der Waals surface area (Å²) in [4.78, 5) is 27.0. The molecule has 0 saturated carbocycles. The molecule has 0 unspecified atom stereocenters. The number of carbonyl (C=O) groups is 2. The highest BCUT2D eigenvalue weighted by molar-refractivity contribution is 7.98. The Bertz CT molecular complexity index is 720. The third-order valence-electron chi connectivity index (χ3n) is 3.74. The molecular formula is C16H17N3O3S. The highest BCUT2D eigenvalue weighted by atomic mass is 32.2. The van der Waals surface area contributed by atoms with Crippen LogP contribution >= 0.6 is 11.8 Å². The lowest BCUT2D eigenvalue weighted by Gasteiger charge is -2.37. The highest BCUT2D eigenvalue weighted by Crippen LogP contribution is 2.22. The molecule has 0 spiro atoms. The second-order valence-electron chi connectivity index (χ2n) is 5.45. The Labute approximate surface area is 138 Å². The van der Waals surface area contributed by atoms with Gasteiger partial charge in [-0.1, -0.05) is 5.16 Å². The first kappa shape index (κ1) is 15.6. The Morgan fingerprint density at radius 3 is 2.57 bits per heavy atom. The number of aromatic nitrogens is 1. The summed E-state index contributed by atoms with van der Waals surface area (Å²) in [6.07, 6.45) is 2.00. The maximum Gasteiger partial charge on any atom is 0.276 e. The number of nitrogens with one attached hydrogen (secondary N) is 1. The van der Waals surface area contributed by atoms with Crippen LogP contribution in [0.4, 0.5) is 5.69 Å². The summed E-state index contributed by atoms with van der Waals surface area (Å²) < 4.78 is 4.90. The van der Waals surface area contributed by atoms with Crippen LogP contribution in [-0.2, 0) is 4.79 Å². The number of carbonyl (C=O) groups excluding carboxylic acids is 2. The quantitative estimate of drug-likeness (QED) is 0.871. The van der Waals surface area contributed by atoms with Crippen molar-refractivity contribution in [1.29, 1.82) is 0 Å². The van der Waals surface area contributed by atoms with Crippen LogP contribution in [0.3, 0.4) is 0 Å². The molecule has 1 fully saturated rings. The largest absolute Gasteiger partial charge is 0.361 e. The van der Waals surface area contributed by atoms with Gasteiger partial charge in [0.15, 0.2) is 5.69 Å². The van der Waals surface area contributed by atoms with Crippen molar-refractivity contribution in [3.05, 3.63) is 41.8 Å². The number of thioether (sulfide) groups is 1. The van der Waals surface area contributed by atoms with E-state index in [1.165, 1.54) is 0 Å². The standard InChI is InChI=1S/C16H17N3O3S/c1-10-7-14(18-22-10)16(21)19-8-11(9-19)15(20)17-12-3-5-13(23-2)6-4-12/h3-7,11H,8-9H2,1-2H3,(H,17,20). The molecule has 23 heavy (non-hydrogen) atoms. The highest BCUT2D eigenvalue weighted by Gasteiger charge is 2.37. The lowest BCUT2D eigenvalue weighted by Crippen LogP contribution is -2.54. The summed E-state index contributed by atoms with van der Waals surface area (Å²) in [6.45, 7) is 2.54. The Kier molecular flexibility index (Phi) is 4.38. The van der Waals surface area contributed by atoms with Crippen molar-refractivity contribution in [2.45, 2.75) is 11.8 Å². The average molecular weight is 331 g/mol. The molecule has 2 aromatic rings. The number of hydrogen-bond acceptors (Lipinski definition) is 5. The summed E-state index contributed by atoms with van der Waals surface area (Å²) in [7, 11) is 0. The molecule has 1 N–H and O–H groups in total. The van der Waals surface area contributed by atoms with E-state index in [4.69, 9.17) is 4.52 Å². The Balaban J connectivity index is 1.52. The molecule has 120 valence electrons.